The first kappa shape index (κ1) is 20.8. The van der Waals surface area contributed by atoms with Gasteiger partial charge in [0.1, 0.15) is 5.82 Å². The van der Waals surface area contributed by atoms with Gasteiger partial charge in [-0.3, -0.25) is 9.59 Å². The number of thiazole rings is 1. The Morgan fingerprint density at radius 2 is 2.07 bits per heavy atom. The Bertz CT molecular complexity index is 1010. The lowest BCUT2D eigenvalue weighted by Gasteiger charge is -2.05. The van der Waals surface area contributed by atoms with Crippen molar-refractivity contribution in [2.45, 2.75) is 12.7 Å². The summed E-state index contributed by atoms with van der Waals surface area (Å²) in [6.45, 7) is 1.36. The number of carbonyl (C=O) groups is 2. The molecule has 0 atom stereocenters. The fourth-order valence-corrected chi connectivity index (χ4v) is 5.04. The normalized spacial score (nSPS) is 10.7. The van der Waals surface area contributed by atoms with Crippen molar-refractivity contribution < 1.29 is 14.0 Å². The molecule has 0 aliphatic carbocycles. The van der Waals surface area contributed by atoms with Crippen molar-refractivity contribution in [1.82, 2.24) is 4.98 Å². The van der Waals surface area contributed by atoms with E-state index < -0.39 is 5.82 Å². The van der Waals surface area contributed by atoms with Crippen LogP contribution >= 0.6 is 46.0 Å². The molecular formula is C18H15ClFN3O2S3. The summed E-state index contributed by atoms with van der Waals surface area (Å²) in [7, 11) is 0. The van der Waals surface area contributed by atoms with Gasteiger partial charge in [0.05, 0.1) is 15.8 Å². The summed E-state index contributed by atoms with van der Waals surface area (Å²) < 4.78 is 15.0. The maximum absolute atomic E-state index is 14.3. The van der Waals surface area contributed by atoms with E-state index in [-0.39, 0.29) is 17.6 Å². The maximum Gasteiger partial charge on any atom is 0.236 e. The third-order valence-electron chi connectivity index (χ3n) is 3.42. The largest absolute Gasteiger partial charge is 0.326 e. The van der Waals surface area contributed by atoms with E-state index in [4.69, 9.17) is 11.6 Å². The van der Waals surface area contributed by atoms with Crippen molar-refractivity contribution >= 4 is 68.7 Å². The average molecular weight is 456 g/mol. The second-order valence-corrected chi connectivity index (χ2v) is 9.30. The number of aromatic nitrogens is 1. The average Bonchev–Trinajstić information content (AvgIpc) is 3.23. The Hall–Kier alpha value is -1.94. The van der Waals surface area contributed by atoms with Gasteiger partial charge in [0.25, 0.3) is 0 Å². The summed E-state index contributed by atoms with van der Waals surface area (Å²) in [4.78, 5) is 28.5. The van der Waals surface area contributed by atoms with Gasteiger partial charge in [-0.2, -0.15) is 0 Å². The van der Waals surface area contributed by atoms with Crippen LogP contribution in [0.3, 0.4) is 0 Å². The van der Waals surface area contributed by atoms with Crippen LogP contribution in [0.15, 0.2) is 35.7 Å². The lowest BCUT2D eigenvalue weighted by molar-refractivity contribution is -0.114. The molecule has 3 aromatic rings. The first-order valence-corrected chi connectivity index (χ1v) is 11.3. The number of nitrogens with one attached hydrogen (secondary N) is 2. The van der Waals surface area contributed by atoms with Crippen LogP contribution in [0.1, 0.15) is 11.8 Å². The lowest BCUT2D eigenvalue weighted by atomic mass is 10.1. The molecule has 2 heterocycles. The topological polar surface area (TPSA) is 71.1 Å². The molecule has 0 saturated carbocycles. The number of rotatable bonds is 7. The number of amides is 2. The van der Waals surface area contributed by atoms with Crippen LogP contribution in [0, 0.1) is 5.82 Å². The van der Waals surface area contributed by atoms with Gasteiger partial charge < -0.3 is 10.6 Å². The highest BCUT2D eigenvalue weighted by Crippen LogP contribution is 2.29. The van der Waals surface area contributed by atoms with Gasteiger partial charge in [-0.15, -0.1) is 34.4 Å². The van der Waals surface area contributed by atoms with Gasteiger partial charge in [-0.05, 0) is 30.3 Å². The van der Waals surface area contributed by atoms with Crippen molar-refractivity contribution in [2.24, 2.45) is 0 Å². The van der Waals surface area contributed by atoms with Gasteiger partial charge in [0, 0.05) is 34.2 Å². The number of anilines is 2. The molecule has 2 aromatic heterocycles. The molecule has 10 heteroatoms. The molecule has 146 valence electrons. The van der Waals surface area contributed by atoms with E-state index in [2.05, 4.69) is 15.6 Å². The fourth-order valence-electron chi connectivity index (χ4n) is 2.29. The van der Waals surface area contributed by atoms with Crippen molar-refractivity contribution in [2.75, 3.05) is 16.4 Å². The van der Waals surface area contributed by atoms with Gasteiger partial charge in [-0.1, -0.05) is 11.6 Å². The molecule has 2 N–H and O–H groups in total. The molecule has 2 amide bonds. The van der Waals surface area contributed by atoms with E-state index in [0.29, 0.717) is 27.8 Å². The zero-order chi connectivity index (χ0) is 20.1. The number of thioether (sulfide) groups is 1. The predicted molar refractivity (Wildman–Crippen MR) is 116 cm³/mol. The highest BCUT2D eigenvalue weighted by molar-refractivity contribution is 7.99. The summed E-state index contributed by atoms with van der Waals surface area (Å²) in [5.41, 5.74) is 1.10. The SMILES string of the molecule is CC(=O)Nc1ccc(-c2csc(NC(=O)CSCc3ccc(Cl)s3)n2)c(F)c1. The fraction of sp³-hybridized carbons (Fsp3) is 0.167. The number of halogens is 2. The zero-order valence-corrected chi connectivity index (χ0v) is 17.8. The number of nitrogens with zero attached hydrogens (tertiary/aromatic N) is 1. The highest BCUT2D eigenvalue weighted by Gasteiger charge is 2.12. The van der Waals surface area contributed by atoms with Crippen LogP contribution in [-0.4, -0.2) is 22.6 Å². The van der Waals surface area contributed by atoms with Crippen molar-refractivity contribution in [3.8, 4) is 11.3 Å². The molecule has 0 spiro atoms. The van der Waals surface area contributed by atoms with E-state index in [1.54, 1.807) is 17.5 Å². The first-order chi connectivity index (χ1) is 13.4. The molecular weight excluding hydrogens is 441 g/mol. The number of thiophene rings is 1. The Morgan fingerprint density at radius 3 is 2.75 bits per heavy atom. The van der Waals surface area contributed by atoms with Crippen molar-refractivity contribution in [3.05, 3.63) is 50.7 Å². The second-order valence-electron chi connectivity index (χ2n) is 5.66. The Morgan fingerprint density at radius 1 is 1.25 bits per heavy atom. The summed E-state index contributed by atoms with van der Waals surface area (Å²) in [5.74, 6) is 0.0461. The molecule has 0 saturated heterocycles. The van der Waals surface area contributed by atoms with E-state index >= 15 is 0 Å². The summed E-state index contributed by atoms with van der Waals surface area (Å²) in [5, 5.41) is 7.33. The molecule has 0 unspecified atom stereocenters. The Kier molecular flexibility index (Phi) is 7.06. The third-order valence-corrected chi connectivity index (χ3v) is 6.58. The highest BCUT2D eigenvalue weighted by atomic mass is 35.5. The van der Waals surface area contributed by atoms with Crippen LogP contribution < -0.4 is 10.6 Å². The van der Waals surface area contributed by atoms with Gasteiger partial charge in [-0.25, -0.2) is 9.37 Å². The van der Waals surface area contributed by atoms with E-state index in [9.17, 15) is 14.0 Å². The molecule has 0 fully saturated rings. The van der Waals surface area contributed by atoms with Gasteiger partial charge in [0.2, 0.25) is 11.8 Å². The number of hydrogen-bond donors (Lipinski definition) is 2. The molecule has 5 nitrogen and oxygen atoms in total. The number of benzene rings is 1. The minimum atomic E-state index is -0.500. The number of hydrogen-bond acceptors (Lipinski definition) is 6. The second kappa shape index (κ2) is 9.51. The standard InChI is InChI=1S/C18H15ClFN3O2S3/c1-10(24)21-11-2-4-13(14(20)6-11)15-8-27-18(22-15)23-17(25)9-26-7-12-3-5-16(19)28-12/h2-6,8H,7,9H2,1H3,(H,21,24)(H,22,23,25). The minimum absolute atomic E-state index is 0.171. The smallest absolute Gasteiger partial charge is 0.236 e. The molecule has 1 aromatic carbocycles. The van der Waals surface area contributed by atoms with Crippen LogP contribution in [0.4, 0.5) is 15.2 Å². The first-order valence-electron chi connectivity index (χ1n) is 8.05. The maximum atomic E-state index is 14.3. The van der Waals surface area contributed by atoms with E-state index in [1.807, 2.05) is 12.1 Å². The Balaban J connectivity index is 1.56. The van der Waals surface area contributed by atoms with Gasteiger partial charge in [0.15, 0.2) is 5.13 Å². The molecule has 0 aliphatic rings. The third kappa shape index (κ3) is 5.78. The number of carbonyl (C=O) groups excluding carboxylic acids is 2. The Labute approximate surface area is 178 Å². The van der Waals surface area contributed by atoms with E-state index in [0.717, 1.165) is 9.21 Å². The van der Waals surface area contributed by atoms with Crippen molar-refractivity contribution in [1.29, 1.82) is 0 Å². The predicted octanol–water partition coefficient (Wildman–Crippen LogP) is 5.49. The summed E-state index contributed by atoms with van der Waals surface area (Å²) in [6.07, 6.45) is 0. The monoisotopic (exact) mass is 455 g/mol. The van der Waals surface area contributed by atoms with Crippen molar-refractivity contribution in [3.63, 3.8) is 0 Å². The van der Waals surface area contributed by atoms with Crippen LogP contribution in [0.2, 0.25) is 4.34 Å². The van der Waals surface area contributed by atoms with Crippen LogP contribution in [-0.2, 0) is 15.3 Å². The molecule has 28 heavy (non-hydrogen) atoms. The lowest BCUT2D eigenvalue weighted by Crippen LogP contribution is -2.13. The van der Waals surface area contributed by atoms with E-state index in [1.165, 1.54) is 47.4 Å². The summed E-state index contributed by atoms with van der Waals surface area (Å²) >= 11 is 10.1. The molecule has 0 radical (unpaired) electrons. The zero-order valence-electron chi connectivity index (χ0n) is 14.6. The summed E-state index contributed by atoms with van der Waals surface area (Å²) in [6, 6.07) is 8.16. The molecule has 3 rings (SSSR count). The quantitative estimate of drug-likeness (QED) is 0.493. The molecule has 0 bridgehead atoms. The minimum Gasteiger partial charge on any atom is -0.326 e. The van der Waals surface area contributed by atoms with Crippen LogP contribution in [0.5, 0.6) is 0 Å². The van der Waals surface area contributed by atoms with Gasteiger partial charge >= 0.3 is 0 Å². The molecule has 0 aliphatic heterocycles. The van der Waals surface area contributed by atoms with Crippen LogP contribution in [0.25, 0.3) is 11.3 Å².